The van der Waals surface area contributed by atoms with E-state index in [0.29, 0.717) is 0 Å². The minimum absolute atomic E-state index is 0.0552. The Kier molecular flexibility index (Phi) is 4.11. The molecule has 0 unspecified atom stereocenters. The molecular weight excluding hydrogens is 338 g/mol. The van der Waals surface area contributed by atoms with Crippen LogP contribution in [0.25, 0.3) is 11.0 Å². The van der Waals surface area contributed by atoms with Crippen LogP contribution in [0.3, 0.4) is 0 Å². The molecule has 2 aromatic heterocycles. The van der Waals surface area contributed by atoms with Gasteiger partial charge in [0.2, 0.25) is 0 Å². The molecule has 0 radical (unpaired) electrons. The van der Waals surface area contributed by atoms with Crippen molar-refractivity contribution in [2.45, 2.75) is 44.6 Å². The Morgan fingerprint density at radius 1 is 1.00 bits per heavy atom. The molecule has 0 atom stereocenters. The quantitative estimate of drug-likeness (QED) is 0.702. The molecule has 6 heteroatoms. The lowest BCUT2D eigenvalue weighted by Gasteiger charge is -2.33. The number of fused-ring (bicyclic) bond motifs is 2. The number of anilines is 1. The fourth-order valence-electron chi connectivity index (χ4n) is 4.28. The molecule has 1 saturated heterocycles. The zero-order valence-corrected chi connectivity index (χ0v) is 15.3. The first kappa shape index (κ1) is 16.4. The second-order valence-corrected chi connectivity index (χ2v) is 7.54. The van der Waals surface area contributed by atoms with E-state index in [1.165, 1.54) is 12.8 Å². The van der Waals surface area contributed by atoms with Gasteiger partial charge in [-0.2, -0.15) is 5.10 Å². The summed E-state index contributed by atoms with van der Waals surface area (Å²) in [6.45, 7) is 1.73. The van der Waals surface area contributed by atoms with E-state index in [1.807, 2.05) is 36.5 Å². The highest BCUT2D eigenvalue weighted by Gasteiger charge is 2.24. The van der Waals surface area contributed by atoms with E-state index in [0.717, 1.165) is 66.9 Å². The summed E-state index contributed by atoms with van der Waals surface area (Å²) in [6, 6.07) is 9.94. The van der Waals surface area contributed by atoms with Crippen LogP contribution in [0.1, 0.15) is 43.0 Å². The number of aryl methyl sites for hydroxylation is 2. The van der Waals surface area contributed by atoms with Crippen molar-refractivity contribution in [1.29, 1.82) is 0 Å². The SMILES string of the molecule is O=c1cc2c(nn1C1CCN(c3cnc4ccccc4n3)CC1)CCCC2. The summed E-state index contributed by atoms with van der Waals surface area (Å²) in [5, 5.41) is 4.73. The Balaban J connectivity index is 1.34. The largest absolute Gasteiger partial charge is 0.355 e. The molecule has 6 nitrogen and oxygen atoms in total. The van der Waals surface area contributed by atoms with Crippen molar-refractivity contribution >= 4 is 16.9 Å². The summed E-state index contributed by atoms with van der Waals surface area (Å²) >= 11 is 0. The number of hydrogen-bond acceptors (Lipinski definition) is 5. The molecule has 1 aromatic carbocycles. The Morgan fingerprint density at radius 3 is 2.63 bits per heavy atom. The summed E-state index contributed by atoms with van der Waals surface area (Å²) in [4.78, 5) is 24.1. The molecule has 1 aliphatic carbocycles. The number of para-hydroxylation sites is 2. The number of aromatic nitrogens is 4. The van der Waals surface area contributed by atoms with Crippen LogP contribution in [0.4, 0.5) is 5.82 Å². The number of piperidine rings is 1. The molecule has 0 spiro atoms. The Labute approximate surface area is 157 Å². The second-order valence-electron chi connectivity index (χ2n) is 7.54. The first-order valence-electron chi connectivity index (χ1n) is 9.86. The highest BCUT2D eigenvalue weighted by atomic mass is 16.1. The van der Waals surface area contributed by atoms with Crippen LogP contribution < -0.4 is 10.5 Å². The van der Waals surface area contributed by atoms with Crippen molar-refractivity contribution in [2.75, 3.05) is 18.0 Å². The van der Waals surface area contributed by atoms with Gasteiger partial charge in [-0.25, -0.2) is 9.67 Å². The second kappa shape index (κ2) is 6.76. The van der Waals surface area contributed by atoms with E-state index >= 15 is 0 Å². The fraction of sp³-hybridized carbons (Fsp3) is 0.429. The topological polar surface area (TPSA) is 63.9 Å². The number of nitrogens with zero attached hydrogens (tertiary/aromatic N) is 5. The van der Waals surface area contributed by atoms with E-state index in [9.17, 15) is 4.79 Å². The molecule has 1 aliphatic heterocycles. The zero-order valence-electron chi connectivity index (χ0n) is 15.3. The van der Waals surface area contributed by atoms with E-state index < -0.39 is 0 Å². The van der Waals surface area contributed by atoms with Crippen LogP contribution in [0.2, 0.25) is 0 Å². The predicted molar refractivity (Wildman–Crippen MR) is 105 cm³/mol. The van der Waals surface area contributed by atoms with Crippen molar-refractivity contribution in [3.05, 3.63) is 58.1 Å². The zero-order chi connectivity index (χ0) is 18.2. The van der Waals surface area contributed by atoms with Crippen molar-refractivity contribution in [1.82, 2.24) is 19.7 Å². The molecular formula is C21H23N5O. The normalized spacial score (nSPS) is 17.9. The molecule has 2 aliphatic rings. The van der Waals surface area contributed by atoms with Gasteiger partial charge in [0, 0.05) is 19.2 Å². The van der Waals surface area contributed by atoms with Crippen LogP contribution in [0.15, 0.2) is 41.3 Å². The number of rotatable bonds is 2. The highest BCUT2D eigenvalue weighted by Crippen LogP contribution is 2.26. The molecule has 3 heterocycles. The first-order chi connectivity index (χ1) is 13.3. The third-order valence-corrected chi connectivity index (χ3v) is 5.80. The summed E-state index contributed by atoms with van der Waals surface area (Å²) in [5.74, 6) is 0.915. The lowest BCUT2D eigenvalue weighted by atomic mass is 9.97. The summed E-state index contributed by atoms with van der Waals surface area (Å²) in [5.41, 5.74) is 4.18. The van der Waals surface area contributed by atoms with Gasteiger partial charge in [0.05, 0.1) is 29.0 Å². The average Bonchev–Trinajstić information content (AvgIpc) is 2.73. The summed E-state index contributed by atoms with van der Waals surface area (Å²) < 4.78 is 1.74. The minimum atomic E-state index is 0.0552. The van der Waals surface area contributed by atoms with Gasteiger partial charge in [0.1, 0.15) is 5.82 Å². The molecule has 0 bridgehead atoms. The lowest BCUT2D eigenvalue weighted by molar-refractivity contribution is 0.347. The first-order valence-corrected chi connectivity index (χ1v) is 9.86. The van der Waals surface area contributed by atoms with Crippen molar-refractivity contribution in [3.63, 3.8) is 0 Å². The molecule has 1 fully saturated rings. The van der Waals surface area contributed by atoms with Gasteiger partial charge in [-0.15, -0.1) is 0 Å². The van der Waals surface area contributed by atoms with Crippen LogP contribution in [-0.4, -0.2) is 32.8 Å². The van der Waals surface area contributed by atoms with Crippen LogP contribution >= 0.6 is 0 Å². The molecule has 3 aromatic rings. The highest BCUT2D eigenvalue weighted by molar-refractivity contribution is 5.75. The average molecular weight is 361 g/mol. The van der Waals surface area contributed by atoms with E-state index in [2.05, 4.69) is 9.88 Å². The molecule has 0 amide bonds. The smallest absolute Gasteiger partial charge is 0.267 e. The van der Waals surface area contributed by atoms with Gasteiger partial charge >= 0.3 is 0 Å². The number of benzene rings is 1. The van der Waals surface area contributed by atoms with Crippen molar-refractivity contribution < 1.29 is 0 Å². The van der Waals surface area contributed by atoms with E-state index in [4.69, 9.17) is 10.1 Å². The van der Waals surface area contributed by atoms with Crippen LogP contribution in [0, 0.1) is 0 Å². The third kappa shape index (κ3) is 3.09. The Morgan fingerprint density at radius 2 is 1.78 bits per heavy atom. The maximum atomic E-state index is 12.6. The maximum absolute atomic E-state index is 12.6. The molecule has 138 valence electrons. The minimum Gasteiger partial charge on any atom is -0.355 e. The summed E-state index contributed by atoms with van der Waals surface area (Å²) in [6.07, 6.45) is 8.01. The Hall–Kier alpha value is -2.76. The molecule has 27 heavy (non-hydrogen) atoms. The van der Waals surface area contributed by atoms with E-state index in [-0.39, 0.29) is 11.6 Å². The molecule has 0 saturated carbocycles. The van der Waals surface area contributed by atoms with Crippen LogP contribution in [0.5, 0.6) is 0 Å². The van der Waals surface area contributed by atoms with Gasteiger partial charge in [0.25, 0.3) is 5.56 Å². The number of hydrogen-bond donors (Lipinski definition) is 0. The van der Waals surface area contributed by atoms with Gasteiger partial charge < -0.3 is 4.90 Å². The van der Waals surface area contributed by atoms with Gasteiger partial charge in [-0.1, -0.05) is 12.1 Å². The predicted octanol–water partition coefficient (Wildman–Crippen LogP) is 2.91. The van der Waals surface area contributed by atoms with Crippen molar-refractivity contribution in [3.8, 4) is 0 Å². The fourth-order valence-corrected chi connectivity index (χ4v) is 4.28. The van der Waals surface area contributed by atoms with Crippen molar-refractivity contribution in [2.24, 2.45) is 0 Å². The Bertz CT molecular complexity index is 1040. The molecule has 0 N–H and O–H groups in total. The monoisotopic (exact) mass is 361 g/mol. The van der Waals surface area contributed by atoms with Gasteiger partial charge in [-0.3, -0.25) is 9.78 Å². The van der Waals surface area contributed by atoms with Crippen LogP contribution in [-0.2, 0) is 12.8 Å². The van der Waals surface area contributed by atoms with Gasteiger partial charge in [0.15, 0.2) is 0 Å². The third-order valence-electron chi connectivity index (χ3n) is 5.80. The maximum Gasteiger partial charge on any atom is 0.267 e. The van der Waals surface area contributed by atoms with Gasteiger partial charge in [-0.05, 0) is 56.2 Å². The standard InChI is InChI=1S/C21H23N5O/c27-21-13-15-5-1-2-6-17(15)24-26(21)16-9-11-25(12-10-16)20-14-22-18-7-3-4-8-19(18)23-20/h3-4,7-8,13-14,16H,1-2,5-6,9-12H2. The lowest BCUT2D eigenvalue weighted by Crippen LogP contribution is -2.39. The summed E-state index contributed by atoms with van der Waals surface area (Å²) in [7, 11) is 0. The molecule has 5 rings (SSSR count). The van der Waals surface area contributed by atoms with E-state index in [1.54, 1.807) is 4.68 Å².